The van der Waals surface area contributed by atoms with Crippen molar-refractivity contribution in [2.24, 2.45) is 0 Å². The lowest BCUT2D eigenvalue weighted by Crippen LogP contribution is -2.05. The molecule has 0 saturated heterocycles. The van der Waals surface area contributed by atoms with Gasteiger partial charge in [0.1, 0.15) is 5.69 Å². The van der Waals surface area contributed by atoms with E-state index in [0.717, 1.165) is 16.7 Å². The van der Waals surface area contributed by atoms with Crippen LogP contribution in [0.3, 0.4) is 0 Å². The van der Waals surface area contributed by atoms with Crippen LogP contribution >= 0.6 is 0 Å². The van der Waals surface area contributed by atoms with Crippen LogP contribution in [0.15, 0.2) is 36.4 Å². The van der Waals surface area contributed by atoms with E-state index in [1.165, 1.54) is 0 Å². The molecule has 0 spiro atoms. The van der Waals surface area contributed by atoms with E-state index in [0.29, 0.717) is 17.1 Å². The molecule has 4 rings (SSSR count). The Balaban J connectivity index is 2.16. The molecule has 18 heavy (non-hydrogen) atoms. The number of carbonyl (C=O) groups is 1. The Morgan fingerprint density at radius 2 is 1.89 bits per heavy atom. The summed E-state index contributed by atoms with van der Waals surface area (Å²) in [5, 5.41) is 0. The van der Waals surface area contributed by atoms with E-state index in [1.807, 2.05) is 43.3 Å². The van der Waals surface area contributed by atoms with Crippen molar-refractivity contribution in [2.45, 2.75) is 6.92 Å². The van der Waals surface area contributed by atoms with Gasteiger partial charge in [0.2, 0.25) is 0 Å². The number of imidazole rings is 1. The number of nitrogens with zero attached hydrogens (tertiary/aromatic N) is 3. The summed E-state index contributed by atoms with van der Waals surface area (Å²) in [6, 6.07) is 11.3. The number of benzene rings is 1. The van der Waals surface area contributed by atoms with Gasteiger partial charge >= 0.3 is 0 Å². The van der Waals surface area contributed by atoms with Crippen LogP contribution in [0, 0.1) is 6.92 Å². The number of fused-ring (bicyclic) bond motifs is 5. The van der Waals surface area contributed by atoms with E-state index in [1.54, 1.807) is 4.57 Å². The van der Waals surface area contributed by atoms with Crippen LogP contribution in [0.5, 0.6) is 0 Å². The SMILES string of the molecule is Cc1ccc2c(n1)-c1nc3ccccc3n1C2=O. The number of carbonyl (C=O) groups excluding carboxylic acids is 1. The number of hydrogen-bond acceptors (Lipinski definition) is 3. The molecule has 1 aromatic carbocycles. The van der Waals surface area contributed by atoms with E-state index in [9.17, 15) is 4.79 Å². The van der Waals surface area contributed by atoms with Gasteiger partial charge in [-0.1, -0.05) is 12.1 Å². The summed E-state index contributed by atoms with van der Waals surface area (Å²) >= 11 is 0. The first-order chi connectivity index (χ1) is 8.75. The molecular weight excluding hydrogens is 226 g/mol. The third-order valence-electron chi connectivity index (χ3n) is 3.24. The number of pyridine rings is 1. The molecule has 4 nitrogen and oxygen atoms in total. The third-order valence-corrected chi connectivity index (χ3v) is 3.24. The molecule has 0 bridgehead atoms. The smallest absolute Gasteiger partial charge is 0.266 e. The van der Waals surface area contributed by atoms with Crippen LogP contribution in [0.1, 0.15) is 16.1 Å². The van der Waals surface area contributed by atoms with Crippen molar-refractivity contribution in [3.8, 4) is 11.5 Å². The van der Waals surface area contributed by atoms with Crippen molar-refractivity contribution in [3.63, 3.8) is 0 Å². The topological polar surface area (TPSA) is 47.8 Å². The minimum atomic E-state index is -0.0406. The van der Waals surface area contributed by atoms with E-state index in [4.69, 9.17) is 0 Å². The molecule has 0 atom stereocenters. The van der Waals surface area contributed by atoms with Crippen molar-refractivity contribution >= 4 is 16.9 Å². The summed E-state index contributed by atoms with van der Waals surface area (Å²) in [5.74, 6) is 0.612. The molecule has 0 aliphatic carbocycles. The lowest BCUT2D eigenvalue weighted by molar-refractivity contribution is 0.0973. The first-order valence-corrected chi connectivity index (χ1v) is 5.76. The predicted molar refractivity (Wildman–Crippen MR) is 67.4 cm³/mol. The quantitative estimate of drug-likeness (QED) is 0.470. The Kier molecular flexibility index (Phi) is 1.61. The molecule has 0 amide bonds. The Bertz CT molecular complexity index is 817. The minimum Gasteiger partial charge on any atom is -0.268 e. The van der Waals surface area contributed by atoms with Crippen LogP contribution in [0.4, 0.5) is 0 Å². The van der Waals surface area contributed by atoms with Gasteiger partial charge in [-0.25, -0.2) is 9.97 Å². The summed E-state index contributed by atoms with van der Waals surface area (Å²) in [6.07, 6.45) is 0. The van der Waals surface area contributed by atoms with Crippen LogP contribution in [0.25, 0.3) is 22.6 Å². The lowest BCUT2D eigenvalue weighted by atomic mass is 10.2. The maximum Gasteiger partial charge on any atom is 0.266 e. The number of hydrogen-bond donors (Lipinski definition) is 0. The zero-order chi connectivity index (χ0) is 12.3. The molecule has 4 heteroatoms. The van der Waals surface area contributed by atoms with Gasteiger partial charge in [0.25, 0.3) is 5.91 Å². The molecule has 86 valence electrons. The molecule has 1 aliphatic rings. The lowest BCUT2D eigenvalue weighted by Gasteiger charge is -1.97. The largest absolute Gasteiger partial charge is 0.268 e. The van der Waals surface area contributed by atoms with Crippen LogP contribution in [-0.4, -0.2) is 20.4 Å². The summed E-state index contributed by atoms with van der Waals surface area (Å²) in [7, 11) is 0. The molecule has 0 saturated carbocycles. The molecule has 0 fully saturated rings. The van der Waals surface area contributed by atoms with Gasteiger partial charge in [0, 0.05) is 5.69 Å². The van der Waals surface area contributed by atoms with Crippen LogP contribution in [0.2, 0.25) is 0 Å². The fourth-order valence-electron chi connectivity index (χ4n) is 2.41. The predicted octanol–water partition coefficient (Wildman–Crippen LogP) is 2.41. The highest BCUT2D eigenvalue weighted by atomic mass is 16.2. The summed E-state index contributed by atoms with van der Waals surface area (Å²) in [6.45, 7) is 1.91. The van der Waals surface area contributed by atoms with Crippen molar-refractivity contribution in [2.75, 3.05) is 0 Å². The summed E-state index contributed by atoms with van der Waals surface area (Å²) in [4.78, 5) is 21.3. The maximum absolute atomic E-state index is 12.4. The zero-order valence-corrected chi connectivity index (χ0v) is 9.71. The van der Waals surface area contributed by atoms with Gasteiger partial charge in [-0.05, 0) is 31.2 Å². The number of aryl methyl sites for hydroxylation is 1. The Morgan fingerprint density at radius 1 is 1.06 bits per heavy atom. The van der Waals surface area contributed by atoms with Crippen molar-refractivity contribution in [3.05, 3.63) is 47.7 Å². The first kappa shape index (κ1) is 9.53. The highest BCUT2D eigenvalue weighted by Gasteiger charge is 2.31. The first-order valence-electron chi connectivity index (χ1n) is 5.76. The minimum absolute atomic E-state index is 0.0406. The average Bonchev–Trinajstić information content (AvgIpc) is 2.87. The molecule has 3 aromatic rings. The van der Waals surface area contributed by atoms with Gasteiger partial charge in [0.15, 0.2) is 5.82 Å². The molecule has 0 radical (unpaired) electrons. The highest BCUT2D eigenvalue weighted by Crippen LogP contribution is 2.33. The summed E-state index contributed by atoms with van der Waals surface area (Å²) in [5.41, 5.74) is 3.88. The van der Waals surface area contributed by atoms with E-state index < -0.39 is 0 Å². The maximum atomic E-state index is 12.4. The van der Waals surface area contributed by atoms with Crippen LogP contribution in [-0.2, 0) is 0 Å². The Labute approximate surface area is 103 Å². The van der Waals surface area contributed by atoms with E-state index in [2.05, 4.69) is 9.97 Å². The van der Waals surface area contributed by atoms with E-state index in [-0.39, 0.29) is 5.91 Å². The molecular formula is C14H9N3O. The Hall–Kier alpha value is -2.49. The molecule has 2 aromatic heterocycles. The highest BCUT2D eigenvalue weighted by molar-refractivity contribution is 6.11. The fraction of sp³-hybridized carbons (Fsp3) is 0.0714. The van der Waals surface area contributed by atoms with Gasteiger partial charge in [0.05, 0.1) is 16.6 Å². The van der Waals surface area contributed by atoms with E-state index >= 15 is 0 Å². The number of aromatic nitrogens is 3. The standard InChI is InChI=1S/C14H9N3O/c1-8-6-7-9-12(15-8)13-16-10-4-2-3-5-11(10)17(13)14(9)18/h2-7H,1H3. The second-order valence-electron chi connectivity index (χ2n) is 4.41. The second-order valence-corrected chi connectivity index (χ2v) is 4.41. The molecule has 0 N–H and O–H groups in total. The average molecular weight is 235 g/mol. The monoisotopic (exact) mass is 235 g/mol. The molecule has 1 aliphatic heterocycles. The number of rotatable bonds is 0. The Morgan fingerprint density at radius 3 is 2.78 bits per heavy atom. The van der Waals surface area contributed by atoms with Gasteiger partial charge in [-0.3, -0.25) is 9.36 Å². The van der Waals surface area contributed by atoms with Crippen molar-refractivity contribution in [1.82, 2.24) is 14.5 Å². The van der Waals surface area contributed by atoms with Gasteiger partial charge in [-0.15, -0.1) is 0 Å². The fourth-order valence-corrected chi connectivity index (χ4v) is 2.41. The normalized spacial score (nSPS) is 12.8. The summed E-state index contributed by atoms with van der Waals surface area (Å²) < 4.78 is 1.65. The second kappa shape index (κ2) is 3.04. The van der Waals surface area contributed by atoms with Crippen molar-refractivity contribution in [1.29, 1.82) is 0 Å². The van der Waals surface area contributed by atoms with Gasteiger partial charge in [-0.2, -0.15) is 0 Å². The third kappa shape index (κ3) is 1.02. The molecule has 0 unspecified atom stereocenters. The molecule has 3 heterocycles. The zero-order valence-electron chi connectivity index (χ0n) is 9.71. The van der Waals surface area contributed by atoms with Crippen LogP contribution < -0.4 is 0 Å². The van der Waals surface area contributed by atoms with Crippen molar-refractivity contribution < 1.29 is 4.79 Å². The van der Waals surface area contributed by atoms with Gasteiger partial charge < -0.3 is 0 Å². The number of para-hydroxylation sites is 2.